The molecule has 0 saturated heterocycles. The average molecular weight is 394 g/mol. The van der Waals surface area contributed by atoms with Gasteiger partial charge in [0.15, 0.2) is 0 Å². The van der Waals surface area contributed by atoms with Crippen LogP contribution in [-0.2, 0) is 17.4 Å². The largest absolute Gasteiger partial charge is 0.416 e. The van der Waals surface area contributed by atoms with Gasteiger partial charge in [-0.15, -0.1) is 0 Å². The Morgan fingerprint density at radius 1 is 1.18 bits per heavy atom. The topological polar surface area (TPSA) is 88.4 Å². The molecule has 2 amide bonds. The molecule has 0 aromatic heterocycles. The summed E-state index contributed by atoms with van der Waals surface area (Å²) in [4.78, 5) is 16.6. The summed E-state index contributed by atoms with van der Waals surface area (Å²) in [5.74, 6) is 5.04. The van der Waals surface area contributed by atoms with E-state index in [1.54, 1.807) is 0 Å². The van der Waals surface area contributed by atoms with Gasteiger partial charge in [-0.2, -0.15) is 19.1 Å². The molecule has 0 saturated carbocycles. The molecule has 0 heterocycles. The molecule has 0 spiro atoms. The molecular formula is C19H21F3N4O2. The van der Waals surface area contributed by atoms with Crippen LogP contribution in [0.5, 0.6) is 0 Å². The maximum absolute atomic E-state index is 12.7. The average Bonchev–Trinajstić information content (AvgIpc) is 2.65. The number of anilines is 1. The van der Waals surface area contributed by atoms with Crippen LogP contribution < -0.4 is 21.8 Å². The summed E-state index contributed by atoms with van der Waals surface area (Å²) < 4.78 is 38.2. The van der Waals surface area contributed by atoms with Crippen LogP contribution in [-0.4, -0.2) is 12.1 Å². The molecule has 0 bridgehead atoms. The highest BCUT2D eigenvalue weighted by atomic mass is 19.4. The van der Waals surface area contributed by atoms with Crippen LogP contribution in [0, 0.1) is 0 Å². The van der Waals surface area contributed by atoms with Gasteiger partial charge in [-0.1, -0.05) is 36.4 Å². The van der Waals surface area contributed by atoms with Crippen molar-refractivity contribution in [3.63, 3.8) is 0 Å². The van der Waals surface area contributed by atoms with Crippen molar-refractivity contribution in [2.24, 2.45) is 5.90 Å². The van der Waals surface area contributed by atoms with Crippen molar-refractivity contribution in [1.82, 2.24) is 10.6 Å². The predicted molar refractivity (Wildman–Crippen MR) is 99.7 cm³/mol. The summed E-state index contributed by atoms with van der Waals surface area (Å²) in [7, 11) is 0. The van der Waals surface area contributed by atoms with E-state index >= 15 is 0 Å². The highest BCUT2D eigenvalue weighted by molar-refractivity contribution is 5.90. The van der Waals surface area contributed by atoms with E-state index < -0.39 is 17.8 Å². The van der Waals surface area contributed by atoms with Crippen molar-refractivity contribution in [2.45, 2.75) is 25.6 Å². The van der Waals surface area contributed by atoms with Crippen LogP contribution in [0.3, 0.4) is 0 Å². The van der Waals surface area contributed by atoms with E-state index in [-0.39, 0.29) is 17.6 Å². The third-order valence-corrected chi connectivity index (χ3v) is 3.70. The lowest BCUT2D eigenvalue weighted by atomic mass is 10.1. The molecule has 2 aromatic carbocycles. The Balaban J connectivity index is 1.91. The Bertz CT molecular complexity index is 810. The molecule has 2 aromatic rings. The lowest BCUT2D eigenvalue weighted by Crippen LogP contribution is -2.33. The van der Waals surface area contributed by atoms with Gasteiger partial charge in [0.1, 0.15) is 0 Å². The zero-order valence-corrected chi connectivity index (χ0v) is 15.1. The van der Waals surface area contributed by atoms with Crippen molar-refractivity contribution in [3.8, 4) is 0 Å². The van der Waals surface area contributed by atoms with E-state index in [9.17, 15) is 18.0 Å². The number of nitrogens with two attached hydrogens (primary N) is 1. The number of alkyl halides is 3. The van der Waals surface area contributed by atoms with Gasteiger partial charge in [-0.3, -0.25) is 5.32 Å². The number of hydrogen-bond acceptors (Lipinski definition) is 4. The summed E-state index contributed by atoms with van der Waals surface area (Å²) in [6.07, 6.45) is -2.40. The van der Waals surface area contributed by atoms with Crippen molar-refractivity contribution < 1.29 is 22.8 Å². The zero-order valence-electron chi connectivity index (χ0n) is 15.1. The molecular weight excluding hydrogens is 373 g/mol. The van der Waals surface area contributed by atoms with Crippen LogP contribution in [0.1, 0.15) is 18.1 Å². The van der Waals surface area contributed by atoms with Gasteiger partial charge >= 0.3 is 12.2 Å². The third-order valence-electron chi connectivity index (χ3n) is 3.70. The van der Waals surface area contributed by atoms with Crippen molar-refractivity contribution in [2.75, 3.05) is 5.32 Å². The number of rotatable bonds is 7. The molecule has 150 valence electrons. The van der Waals surface area contributed by atoms with Crippen LogP contribution in [0.25, 0.3) is 0 Å². The van der Waals surface area contributed by atoms with Crippen LogP contribution >= 0.6 is 0 Å². The minimum absolute atomic E-state index is 0.0147. The Labute approximate surface area is 160 Å². The van der Waals surface area contributed by atoms with E-state index in [1.165, 1.54) is 18.3 Å². The Hall–Kier alpha value is -3.20. The summed E-state index contributed by atoms with van der Waals surface area (Å²) in [5.41, 5.74) is 0.239. The van der Waals surface area contributed by atoms with Gasteiger partial charge in [0, 0.05) is 11.7 Å². The predicted octanol–water partition coefficient (Wildman–Crippen LogP) is 3.74. The minimum Gasteiger partial charge on any atom is -0.391 e. The molecule has 5 N–H and O–H groups in total. The number of benzene rings is 2. The fraction of sp³-hybridized carbons (Fsp3) is 0.211. The highest BCUT2D eigenvalue weighted by Crippen LogP contribution is 2.30. The molecule has 28 heavy (non-hydrogen) atoms. The molecule has 0 aliphatic heterocycles. The molecule has 0 radical (unpaired) electrons. The molecule has 1 atom stereocenters. The number of carbonyl (C=O) groups is 1. The minimum atomic E-state index is -4.50. The van der Waals surface area contributed by atoms with Crippen molar-refractivity contribution in [1.29, 1.82) is 0 Å². The Kier molecular flexibility index (Phi) is 7.28. The van der Waals surface area contributed by atoms with Crippen LogP contribution in [0.15, 0.2) is 66.7 Å². The molecule has 9 heteroatoms. The first-order chi connectivity index (χ1) is 13.3. The molecule has 0 aliphatic carbocycles. The van der Waals surface area contributed by atoms with Gasteiger partial charge in [-0.25, -0.2) is 4.79 Å². The first-order valence-corrected chi connectivity index (χ1v) is 8.40. The highest BCUT2D eigenvalue weighted by Gasteiger charge is 2.30. The fourth-order valence-electron chi connectivity index (χ4n) is 2.39. The molecule has 0 fully saturated rings. The summed E-state index contributed by atoms with van der Waals surface area (Å²) in [6, 6.07) is 13.3. The van der Waals surface area contributed by atoms with Gasteiger partial charge in [-0.05, 0) is 37.1 Å². The zero-order chi connectivity index (χ0) is 20.6. The second-order valence-electron chi connectivity index (χ2n) is 6.04. The van der Waals surface area contributed by atoms with Crippen molar-refractivity contribution >= 4 is 11.7 Å². The number of urea groups is 1. The maximum Gasteiger partial charge on any atom is 0.416 e. The Morgan fingerprint density at radius 3 is 2.54 bits per heavy atom. The summed E-state index contributed by atoms with van der Waals surface area (Å²) in [6.45, 7) is 1.93. The quantitative estimate of drug-likeness (QED) is 0.426. The lowest BCUT2D eigenvalue weighted by molar-refractivity contribution is -0.137. The van der Waals surface area contributed by atoms with Crippen molar-refractivity contribution in [3.05, 3.63) is 77.8 Å². The fourth-order valence-corrected chi connectivity index (χ4v) is 2.39. The standard InChI is InChI=1S/C19H21F3N4O2/c1-13(10-14-6-3-2-4-7-14)24-12-17(28-23)26-18(27)25-16-9-5-8-15(11-16)19(20,21)22/h2-9,11-13,24H,10,23H2,1H3,(H2,25,26,27)/b17-12-. The number of halogens is 3. The summed E-state index contributed by atoms with van der Waals surface area (Å²) in [5, 5.41) is 7.63. The van der Waals surface area contributed by atoms with Gasteiger partial charge < -0.3 is 15.5 Å². The van der Waals surface area contributed by atoms with Gasteiger partial charge in [0.2, 0.25) is 5.88 Å². The first-order valence-electron chi connectivity index (χ1n) is 8.40. The monoisotopic (exact) mass is 394 g/mol. The number of nitrogens with one attached hydrogen (secondary N) is 3. The van der Waals surface area contributed by atoms with Crippen LogP contribution in [0.2, 0.25) is 0 Å². The van der Waals surface area contributed by atoms with E-state index in [0.29, 0.717) is 0 Å². The second kappa shape index (κ2) is 9.65. The van der Waals surface area contributed by atoms with E-state index in [4.69, 9.17) is 5.90 Å². The maximum atomic E-state index is 12.7. The van der Waals surface area contributed by atoms with Gasteiger partial charge in [0.25, 0.3) is 0 Å². The van der Waals surface area contributed by atoms with Crippen LogP contribution in [0.4, 0.5) is 23.7 Å². The number of amides is 2. The molecule has 2 rings (SSSR count). The number of carbonyl (C=O) groups excluding carboxylic acids is 1. The SMILES string of the molecule is CC(Cc1ccccc1)N/C=C(/NC(=O)Nc1cccc(C(F)(F)F)c1)ON. The van der Waals surface area contributed by atoms with E-state index in [2.05, 4.69) is 20.8 Å². The molecule has 6 nitrogen and oxygen atoms in total. The first kappa shape index (κ1) is 21.1. The normalized spacial score (nSPS) is 12.8. The smallest absolute Gasteiger partial charge is 0.391 e. The number of hydrogen-bond donors (Lipinski definition) is 4. The molecule has 1 unspecified atom stereocenters. The lowest BCUT2D eigenvalue weighted by Gasteiger charge is -2.14. The molecule has 0 aliphatic rings. The summed E-state index contributed by atoms with van der Waals surface area (Å²) >= 11 is 0. The van der Waals surface area contributed by atoms with E-state index in [0.717, 1.165) is 24.1 Å². The van der Waals surface area contributed by atoms with E-state index in [1.807, 2.05) is 37.3 Å². The second-order valence-corrected chi connectivity index (χ2v) is 6.04. The third kappa shape index (κ3) is 6.84. The van der Waals surface area contributed by atoms with Gasteiger partial charge in [0.05, 0.1) is 11.8 Å². The Morgan fingerprint density at radius 2 is 1.89 bits per heavy atom.